The maximum Gasteiger partial charge on any atom is 0.242 e. The third-order valence-electron chi connectivity index (χ3n) is 3.42. The number of amides is 2. The number of sulfonamides is 1. The standard InChI is InChI=1S/C17H20N4O5S/c1-11(17(23)20-14-6-9-16(26-3)18-10-14)21-27(24,25)15-7-4-13(5-8-15)19-12(2)22/h4-11,21H,1-3H3,(H,19,22)(H,20,23)/t11-/m1/s1. The van der Waals surface area contributed by atoms with Gasteiger partial charge in [0.05, 0.1) is 29.9 Å². The highest BCUT2D eigenvalue weighted by molar-refractivity contribution is 7.89. The predicted molar refractivity (Wildman–Crippen MR) is 99.9 cm³/mol. The second-order valence-corrected chi connectivity index (χ2v) is 7.34. The van der Waals surface area contributed by atoms with Gasteiger partial charge in [0, 0.05) is 18.7 Å². The third kappa shape index (κ3) is 5.76. The molecule has 1 aromatic heterocycles. The number of pyridine rings is 1. The molecule has 0 spiro atoms. The van der Waals surface area contributed by atoms with Crippen LogP contribution in [-0.4, -0.2) is 38.4 Å². The summed E-state index contributed by atoms with van der Waals surface area (Å²) >= 11 is 0. The highest BCUT2D eigenvalue weighted by atomic mass is 32.2. The Morgan fingerprint density at radius 3 is 2.19 bits per heavy atom. The van der Waals surface area contributed by atoms with Crippen LogP contribution in [0.25, 0.3) is 0 Å². The monoisotopic (exact) mass is 392 g/mol. The molecule has 10 heteroatoms. The molecule has 0 aliphatic rings. The van der Waals surface area contributed by atoms with Gasteiger partial charge in [0.1, 0.15) is 0 Å². The number of nitrogens with zero attached hydrogens (tertiary/aromatic N) is 1. The highest BCUT2D eigenvalue weighted by Gasteiger charge is 2.22. The molecule has 0 radical (unpaired) electrons. The molecule has 2 rings (SSSR count). The molecule has 2 amide bonds. The van der Waals surface area contributed by atoms with Crippen molar-refractivity contribution >= 4 is 33.2 Å². The third-order valence-corrected chi connectivity index (χ3v) is 4.98. The Morgan fingerprint density at radius 1 is 1.04 bits per heavy atom. The number of carbonyl (C=O) groups excluding carboxylic acids is 2. The fraction of sp³-hybridized carbons (Fsp3) is 0.235. The van der Waals surface area contributed by atoms with E-state index < -0.39 is 22.0 Å². The second kappa shape index (κ2) is 8.60. The van der Waals surface area contributed by atoms with Crippen molar-refractivity contribution in [3.63, 3.8) is 0 Å². The lowest BCUT2D eigenvalue weighted by Gasteiger charge is -2.15. The quantitative estimate of drug-likeness (QED) is 0.653. The van der Waals surface area contributed by atoms with Crippen LogP contribution in [0.5, 0.6) is 5.88 Å². The van der Waals surface area contributed by atoms with Gasteiger partial charge in [-0.25, -0.2) is 13.4 Å². The van der Waals surface area contributed by atoms with Gasteiger partial charge in [-0.15, -0.1) is 0 Å². The summed E-state index contributed by atoms with van der Waals surface area (Å²) < 4.78 is 32.0. The van der Waals surface area contributed by atoms with Crippen LogP contribution in [-0.2, 0) is 19.6 Å². The van der Waals surface area contributed by atoms with Crippen molar-refractivity contribution in [2.45, 2.75) is 24.8 Å². The van der Waals surface area contributed by atoms with Crippen molar-refractivity contribution in [3.8, 4) is 5.88 Å². The first-order valence-corrected chi connectivity index (χ1v) is 9.40. The van der Waals surface area contributed by atoms with Crippen LogP contribution < -0.4 is 20.1 Å². The number of ether oxygens (including phenoxy) is 1. The number of hydrogen-bond acceptors (Lipinski definition) is 6. The number of hydrogen-bond donors (Lipinski definition) is 3. The Hall–Kier alpha value is -2.98. The molecule has 2 aromatic rings. The largest absolute Gasteiger partial charge is 0.481 e. The van der Waals surface area contributed by atoms with E-state index in [4.69, 9.17) is 4.74 Å². The van der Waals surface area contributed by atoms with Gasteiger partial charge >= 0.3 is 0 Å². The SMILES string of the molecule is COc1ccc(NC(=O)[C@@H](C)NS(=O)(=O)c2ccc(NC(C)=O)cc2)cn1. The number of methoxy groups -OCH3 is 1. The molecule has 0 unspecified atom stereocenters. The Morgan fingerprint density at radius 2 is 1.67 bits per heavy atom. The van der Waals surface area contributed by atoms with Gasteiger partial charge in [-0.2, -0.15) is 4.72 Å². The van der Waals surface area contributed by atoms with E-state index in [1.807, 2.05) is 0 Å². The van der Waals surface area contributed by atoms with Crippen LogP contribution in [0.1, 0.15) is 13.8 Å². The maximum atomic E-state index is 12.4. The van der Waals surface area contributed by atoms with Gasteiger partial charge < -0.3 is 15.4 Å². The molecular weight excluding hydrogens is 372 g/mol. The van der Waals surface area contributed by atoms with Crippen LogP contribution in [0.15, 0.2) is 47.5 Å². The summed E-state index contributed by atoms with van der Waals surface area (Å²) in [7, 11) is -2.44. The summed E-state index contributed by atoms with van der Waals surface area (Å²) in [6.07, 6.45) is 1.40. The number of nitrogens with one attached hydrogen (secondary N) is 3. The molecule has 27 heavy (non-hydrogen) atoms. The minimum Gasteiger partial charge on any atom is -0.481 e. The van der Waals surface area contributed by atoms with Crippen molar-refractivity contribution in [2.24, 2.45) is 0 Å². The van der Waals surface area contributed by atoms with E-state index >= 15 is 0 Å². The van der Waals surface area contributed by atoms with Crippen molar-refractivity contribution < 1.29 is 22.7 Å². The molecule has 1 atom stereocenters. The molecule has 0 saturated carbocycles. The van der Waals surface area contributed by atoms with E-state index in [1.54, 1.807) is 12.1 Å². The summed E-state index contributed by atoms with van der Waals surface area (Å²) in [5, 5.41) is 5.11. The lowest BCUT2D eigenvalue weighted by molar-refractivity contribution is -0.117. The Kier molecular flexibility index (Phi) is 6.48. The first kappa shape index (κ1) is 20.3. The van der Waals surface area contributed by atoms with E-state index in [0.717, 1.165) is 0 Å². The van der Waals surface area contributed by atoms with E-state index in [-0.39, 0.29) is 10.8 Å². The van der Waals surface area contributed by atoms with E-state index in [1.165, 1.54) is 51.4 Å². The zero-order valence-electron chi connectivity index (χ0n) is 15.0. The zero-order chi connectivity index (χ0) is 20.0. The molecule has 0 aliphatic heterocycles. The summed E-state index contributed by atoms with van der Waals surface area (Å²) in [6.45, 7) is 2.78. The van der Waals surface area contributed by atoms with E-state index in [0.29, 0.717) is 17.3 Å². The molecule has 1 heterocycles. The lowest BCUT2D eigenvalue weighted by atomic mass is 10.3. The molecule has 0 saturated heterocycles. The Bertz CT molecular complexity index is 911. The predicted octanol–water partition coefficient (Wildman–Crippen LogP) is 1.35. The fourth-order valence-corrected chi connectivity index (χ4v) is 3.30. The van der Waals surface area contributed by atoms with Crippen LogP contribution in [0, 0.1) is 0 Å². The zero-order valence-corrected chi connectivity index (χ0v) is 15.8. The Labute approximate surface area is 157 Å². The normalized spacial score (nSPS) is 12.1. The van der Waals surface area contributed by atoms with Gasteiger partial charge in [-0.1, -0.05) is 0 Å². The van der Waals surface area contributed by atoms with Gasteiger partial charge in [-0.3, -0.25) is 9.59 Å². The summed E-state index contributed by atoms with van der Waals surface area (Å²) in [5.74, 6) is -0.410. The van der Waals surface area contributed by atoms with Crippen LogP contribution >= 0.6 is 0 Å². The minimum absolute atomic E-state index is 0.0256. The van der Waals surface area contributed by atoms with Crippen molar-refractivity contribution in [3.05, 3.63) is 42.6 Å². The van der Waals surface area contributed by atoms with Gasteiger partial charge in [0.15, 0.2) is 0 Å². The van der Waals surface area contributed by atoms with Crippen molar-refractivity contribution in [1.82, 2.24) is 9.71 Å². The fourth-order valence-electron chi connectivity index (χ4n) is 2.10. The van der Waals surface area contributed by atoms with Crippen LogP contribution in [0.4, 0.5) is 11.4 Å². The Balaban J connectivity index is 2.02. The maximum absolute atomic E-state index is 12.4. The smallest absolute Gasteiger partial charge is 0.242 e. The van der Waals surface area contributed by atoms with Crippen LogP contribution in [0.3, 0.4) is 0 Å². The molecular formula is C17H20N4O5S. The molecule has 9 nitrogen and oxygen atoms in total. The van der Waals surface area contributed by atoms with E-state index in [2.05, 4.69) is 20.3 Å². The van der Waals surface area contributed by atoms with Gasteiger partial charge in [0.25, 0.3) is 0 Å². The molecule has 0 aliphatic carbocycles. The number of rotatable bonds is 7. The molecule has 1 aromatic carbocycles. The average molecular weight is 392 g/mol. The lowest BCUT2D eigenvalue weighted by Crippen LogP contribution is -2.41. The van der Waals surface area contributed by atoms with Crippen molar-refractivity contribution in [2.75, 3.05) is 17.7 Å². The topological polar surface area (TPSA) is 126 Å². The number of benzene rings is 1. The molecule has 0 fully saturated rings. The van der Waals surface area contributed by atoms with Crippen LogP contribution in [0.2, 0.25) is 0 Å². The highest BCUT2D eigenvalue weighted by Crippen LogP contribution is 2.15. The van der Waals surface area contributed by atoms with Gasteiger partial charge in [-0.05, 0) is 37.3 Å². The summed E-state index contributed by atoms with van der Waals surface area (Å²) in [4.78, 5) is 27.1. The minimum atomic E-state index is -3.91. The number of carbonyl (C=O) groups is 2. The second-order valence-electron chi connectivity index (χ2n) is 5.63. The number of anilines is 2. The first-order chi connectivity index (χ1) is 12.7. The average Bonchev–Trinajstić information content (AvgIpc) is 2.62. The molecule has 144 valence electrons. The molecule has 3 N–H and O–H groups in total. The summed E-state index contributed by atoms with van der Waals surface area (Å²) in [5.41, 5.74) is 0.880. The van der Waals surface area contributed by atoms with Crippen molar-refractivity contribution in [1.29, 1.82) is 0 Å². The van der Waals surface area contributed by atoms with E-state index in [9.17, 15) is 18.0 Å². The summed E-state index contributed by atoms with van der Waals surface area (Å²) in [6, 6.07) is 7.74. The first-order valence-electron chi connectivity index (χ1n) is 7.92. The van der Waals surface area contributed by atoms with Gasteiger partial charge in [0.2, 0.25) is 27.7 Å². The molecule has 0 bridgehead atoms. The number of aromatic nitrogens is 1.